The maximum absolute atomic E-state index is 11.0. The lowest BCUT2D eigenvalue weighted by Crippen LogP contribution is -2.32. The van der Waals surface area contributed by atoms with Crippen molar-refractivity contribution < 1.29 is 13.2 Å². The first kappa shape index (κ1) is 12.9. The monoisotopic (exact) mass is 235 g/mol. The second kappa shape index (κ2) is 5.27. The molecule has 0 aromatic carbocycles. The van der Waals surface area contributed by atoms with E-state index in [2.05, 4.69) is 0 Å². The maximum Gasteiger partial charge on any atom is 0.209 e. The zero-order valence-corrected chi connectivity index (χ0v) is 10.3. The Kier molecular flexibility index (Phi) is 4.55. The Balaban J connectivity index is 2.36. The zero-order valence-electron chi connectivity index (χ0n) is 9.48. The molecule has 0 bridgehead atoms. The van der Waals surface area contributed by atoms with Gasteiger partial charge in [0.2, 0.25) is 10.0 Å². The van der Waals surface area contributed by atoms with Gasteiger partial charge in [-0.1, -0.05) is 13.8 Å². The van der Waals surface area contributed by atoms with Crippen molar-refractivity contribution in [3.05, 3.63) is 0 Å². The zero-order chi connectivity index (χ0) is 11.5. The largest absolute Gasteiger partial charge is 0.378 e. The molecule has 5 heteroatoms. The Morgan fingerprint density at radius 1 is 1.40 bits per heavy atom. The molecule has 1 rings (SSSR count). The van der Waals surface area contributed by atoms with E-state index in [0.717, 1.165) is 12.8 Å². The van der Waals surface area contributed by atoms with E-state index in [0.29, 0.717) is 12.7 Å². The Hall–Kier alpha value is -0.130. The molecule has 0 spiro atoms. The average Bonchev–Trinajstić information content (AvgIpc) is 1.96. The molecule has 0 aromatic heterocycles. The maximum atomic E-state index is 11.0. The molecule has 0 amide bonds. The van der Waals surface area contributed by atoms with E-state index in [-0.39, 0.29) is 17.6 Å². The third-order valence-electron chi connectivity index (χ3n) is 2.99. The van der Waals surface area contributed by atoms with Crippen molar-refractivity contribution in [3.63, 3.8) is 0 Å². The van der Waals surface area contributed by atoms with E-state index in [1.807, 2.05) is 13.8 Å². The summed E-state index contributed by atoms with van der Waals surface area (Å²) < 4.78 is 27.6. The van der Waals surface area contributed by atoms with Crippen LogP contribution in [-0.4, -0.2) is 26.9 Å². The summed E-state index contributed by atoms with van der Waals surface area (Å²) in [4.78, 5) is 0. The minimum atomic E-state index is -3.38. The van der Waals surface area contributed by atoms with Crippen molar-refractivity contribution >= 4 is 10.0 Å². The summed E-state index contributed by atoms with van der Waals surface area (Å²) in [6.45, 7) is 4.51. The quantitative estimate of drug-likeness (QED) is 0.750. The van der Waals surface area contributed by atoms with Gasteiger partial charge in [0, 0.05) is 0 Å². The van der Waals surface area contributed by atoms with Crippen LogP contribution in [0.3, 0.4) is 0 Å². The predicted molar refractivity (Wildman–Crippen MR) is 59.9 cm³/mol. The van der Waals surface area contributed by atoms with Gasteiger partial charge in [-0.05, 0) is 31.1 Å². The topological polar surface area (TPSA) is 69.4 Å². The molecule has 1 unspecified atom stereocenters. The van der Waals surface area contributed by atoms with Crippen LogP contribution in [0, 0.1) is 11.8 Å². The van der Waals surface area contributed by atoms with Gasteiger partial charge >= 0.3 is 0 Å². The number of rotatable bonds is 6. The van der Waals surface area contributed by atoms with Gasteiger partial charge in [-0.3, -0.25) is 0 Å². The van der Waals surface area contributed by atoms with Crippen molar-refractivity contribution in [2.45, 2.75) is 39.2 Å². The molecule has 1 fully saturated rings. The normalized spacial score (nSPS) is 20.3. The van der Waals surface area contributed by atoms with Crippen LogP contribution in [0.1, 0.15) is 33.1 Å². The number of hydrogen-bond donors (Lipinski definition) is 1. The van der Waals surface area contributed by atoms with E-state index in [1.165, 1.54) is 6.42 Å². The molecule has 0 aliphatic heterocycles. The fourth-order valence-electron chi connectivity index (χ4n) is 1.53. The highest BCUT2D eigenvalue weighted by atomic mass is 32.2. The van der Waals surface area contributed by atoms with Crippen LogP contribution < -0.4 is 5.14 Å². The van der Waals surface area contributed by atoms with Gasteiger partial charge < -0.3 is 4.74 Å². The smallest absolute Gasteiger partial charge is 0.209 e. The van der Waals surface area contributed by atoms with Crippen LogP contribution in [0.25, 0.3) is 0 Å². The SMILES string of the molecule is CC(C)C(COC1CCC1)CS(N)(=O)=O. The Morgan fingerprint density at radius 2 is 2.00 bits per heavy atom. The van der Waals surface area contributed by atoms with Crippen molar-refractivity contribution in [1.29, 1.82) is 0 Å². The molecule has 15 heavy (non-hydrogen) atoms. The van der Waals surface area contributed by atoms with Crippen LogP contribution in [0.5, 0.6) is 0 Å². The predicted octanol–water partition coefficient (Wildman–Crippen LogP) is 1.12. The first-order valence-electron chi connectivity index (χ1n) is 5.50. The lowest BCUT2D eigenvalue weighted by atomic mass is 9.95. The van der Waals surface area contributed by atoms with Crippen molar-refractivity contribution in [3.8, 4) is 0 Å². The van der Waals surface area contributed by atoms with E-state index in [1.54, 1.807) is 0 Å². The van der Waals surface area contributed by atoms with E-state index < -0.39 is 10.0 Å². The van der Waals surface area contributed by atoms with E-state index >= 15 is 0 Å². The highest BCUT2D eigenvalue weighted by molar-refractivity contribution is 7.89. The molecule has 2 N–H and O–H groups in total. The molecular formula is C10H21NO3S. The van der Waals surface area contributed by atoms with Gasteiger partial charge in [0.1, 0.15) is 0 Å². The molecule has 1 atom stereocenters. The summed E-state index contributed by atoms with van der Waals surface area (Å²) in [5.74, 6) is 0.321. The fourth-order valence-corrected chi connectivity index (χ4v) is 2.61. The van der Waals surface area contributed by atoms with Crippen LogP contribution in [0.15, 0.2) is 0 Å². The number of hydrogen-bond acceptors (Lipinski definition) is 3. The Bertz CT molecular complexity index is 283. The third kappa shape index (κ3) is 4.95. The van der Waals surface area contributed by atoms with Crippen LogP contribution >= 0.6 is 0 Å². The Morgan fingerprint density at radius 3 is 2.33 bits per heavy atom. The lowest BCUT2D eigenvalue weighted by molar-refractivity contribution is -0.0191. The molecule has 0 radical (unpaired) electrons. The number of ether oxygens (including phenoxy) is 1. The van der Waals surface area contributed by atoms with Gasteiger partial charge in [0.15, 0.2) is 0 Å². The molecule has 1 aliphatic carbocycles. The second-order valence-electron chi connectivity index (χ2n) is 4.72. The van der Waals surface area contributed by atoms with Gasteiger partial charge in [0.25, 0.3) is 0 Å². The van der Waals surface area contributed by atoms with Gasteiger partial charge in [-0.2, -0.15) is 0 Å². The van der Waals surface area contributed by atoms with Crippen LogP contribution in [0.4, 0.5) is 0 Å². The summed E-state index contributed by atoms with van der Waals surface area (Å²) in [7, 11) is -3.38. The summed E-state index contributed by atoms with van der Waals surface area (Å²) >= 11 is 0. The molecule has 4 nitrogen and oxygen atoms in total. The standard InChI is InChI=1S/C10H21NO3S/c1-8(2)9(7-15(11,12)13)6-14-10-4-3-5-10/h8-10H,3-7H2,1-2H3,(H2,11,12,13). The Labute approximate surface area is 92.2 Å². The van der Waals surface area contributed by atoms with Crippen LogP contribution in [-0.2, 0) is 14.8 Å². The van der Waals surface area contributed by atoms with Crippen molar-refractivity contribution in [2.24, 2.45) is 17.0 Å². The number of sulfonamides is 1. The minimum absolute atomic E-state index is 0.0144. The van der Waals surface area contributed by atoms with Gasteiger partial charge in [0.05, 0.1) is 18.5 Å². The highest BCUT2D eigenvalue weighted by Gasteiger charge is 2.23. The number of nitrogens with two attached hydrogens (primary N) is 1. The molecule has 0 saturated heterocycles. The first-order chi connectivity index (χ1) is 6.88. The van der Waals surface area contributed by atoms with E-state index in [4.69, 9.17) is 9.88 Å². The van der Waals surface area contributed by atoms with E-state index in [9.17, 15) is 8.42 Å². The molecule has 90 valence electrons. The first-order valence-corrected chi connectivity index (χ1v) is 7.22. The van der Waals surface area contributed by atoms with Crippen molar-refractivity contribution in [2.75, 3.05) is 12.4 Å². The summed E-state index contributed by atoms with van der Waals surface area (Å²) in [5, 5.41) is 5.04. The lowest BCUT2D eigenvalue weighted by Gasteiger charge is -2.29. The summed E-state index contributed by atoms with van der Waals surface area (Å²) in [5.41, 5.74) is 0. The van der Waals surface area contributed by atoms with Crippen molar-refractivity contribution in [1.82, 2.24) is 0 Å². The molecule has 1 saturated carbocycles. The number of primary sulfonamides is 1. The molecule has 0 heterocycles. The van der Waals surface area contributed by atoms with Crippen LogP contribution in [0.2, 0.25) is 0 Å². The second-order valence-corrected chi connectivity index (χ2v) is 6.38. The third-order valence-corrected chi connectivity index (χ3v) is 3.88. The summed E-state index contributed by atoms with van der Waals surface area (Å²) in [6, 6.07) is 0. The fraction of sp³-hybridized carbons (Fsp3) is 1.00. The average molecular weight is 235 g/mol. The molecular weight excluding hydrogens is 214 g/mol. The highest BCUT2D eigenvalue weighted by Crippen LogP contribution is 2.24. The minimum Gasteiger partial charge on any atom is -0.378 e. The molecule has 0 aromatic rings. The van der Waals surface area contributed by atoms with Gasteiger partial charge in [-0.15, -0.1) is 0 Å². The summed E-state index contributed by atoms with van der Waals surface area (Å²) in [6.07, 6.45) is 3.80. The molecule has 1 aliphatic rings. The van der Waals surface area contributed by atoms with Gasteiger partial charge in [-0.25, -0.2) is 13.6 Å².